The molecule has 0 aliphatic carbocycles. The fourth-order valence-corrected chi connectivity index (χ4v) is 2.61. The molecular formula is C21H27NO4. The zero-order valence-corrected chi connectivity index (χ0v) is 15.0. The molecule has 0 heterocycles. The average Bonchev–Trinajstić information content (AvgIpc) is 2.69. The molecule has 5 heteroatoms. The molecule has 2 rings (SSSR count). The number of rotatable bonds is 10. The minimum atomic E-state index is -0.343. The molecule has 0 atom stereocenters. The van der Waals surface area contributed by atoms with Gasteiger partial charge in [-0.2, -0.15) is 0 Å². The zero-order chi connectivity index (χ0) is 18.6. The van der Waals surface area contributed by atoms with Crippen LogP contribution >= 0.6 is 0 Å². The van der Waals surface area contributed by atoms with Crippen molar-refractivity contribution >= 4 is 6.09 Å². The molecule has 0 bridgehead atoms. The minimum Gasteiger partial charge on any atom is -0.445 e. The van der Waals surface area contributed by atoms with E-state index in [1.165, 1.54) is 0 Å². The summed E-state index contributed by atoms with van der Waals surface area (Å²) in [6, 6.07) is 17.2. The smallest absolute Gasteiger partial charge is 0.410 e. The number of unbranched alkanes of at least 4 members (excludes halogenated alkanes) is 2. The highest BCUT2D eigenvalue weighted by molar-refractivity contribution is 5.67. The summed E-state index contributed by atoms with van der Waals surface area (Å²) in [4.78, 5) is 14.2. The van der Waals surface area contributed by atoms with Crippen LogP contribution in [0.25, 0.3) is 0 Å². The van der Waals surface area contributed by atoms with Crippen molar-refractivity contribution in [1.82, 2.24) is 4.90 Å². The number of benzene rings is 2. The number of carbonyl (C=O) groups excluding carboxylic acids is 1. The van der Waals surface area contributed by atoms with Gasteiger partial charge in [0.15, 0.2) is 0 Å². The Hall–Kier alpha value is -2.37. The Balaban J connectivity index is 1.91. The van der Waals surface area contributed by atoms with E-state index in [4.69, 9.17) is 14.9 Å². The highest BCUT2D eigenvalue weighted by Crippen LogP contribution is 2.11. The molecule has 0 spiro atoms. The van der Waals surface area contributed by atoms with E-state index in [1.807, 2.05) is 54.6 Å². The van der Waals surface area contributed by atoms with Gasteiger partial charge in [-0.25, -0.2) is 4.79 Å². The maximum Gasteiger partial charge on any atom is 0.410 e. The summed E-state index contributed by atoms with van der Waals surface area (Å²) in [5.74, 6) is 0. The van der Waals surface area contributed by atoms with E-state index in [0.717, 1.165) is 36.0 Å². The average molecular weight is 357 g/mol. The number of aliphatic hydroxyl groups excluding tert-OH is 2. The molecule has 0 aliphatic rings. The van der Waals surface area contributed by atoms with Crippen molar-refractivity contribution in [3.63, 3.8) is 0 Å². The largest absolute Gasteiger partial charge is 0.445 e. The third-order valence-corrected chi connectivity index (χ3v) is 4.13. The molecule has 0 aliphatic heterocycles. The van der Waals surface area contributed by atoms with E-state index in [2.05, 4.69) is 0 Å². The number of aliphatic hydroxyl groups is 2. The molecule has 0 radical (unpaired) electrons. The lowest BCUT2D eigenvalue weighted by molar-refractivity contribution is 0.0927. The lowest BCUT2D eigenvalue weighted by atomic mass is 10.1. The normalized spacial score (nSPS) is 10.5. The summed E-state index contributed by atoms with van der Waals surface area (Å²) >= 11 is 0. The highest BCUT2D eigenvalue weighted by Gasteiger charge is 2.15. The fraction of sp³-hybridized carbons (Fsp3) is 0.381. The monoisotopic (exact) mass is 357 g/mol. The first-order valence-corrected chi connectivity index (χ1v) is 8.98. The third-order valence-electron chi connectivity index (χ3n) is 4.13. The standard InChI is InChI=1S/C21H27NO4/c23-14-6-2-5-13-22(15-18-7-3-1-4-8-18)21(25)26-17-20-11-9-19(16-24)10-12-20/h1,3-4,7-12,23-24H,2,5-6,13-17H2. The van der Waals surface area contributed by atoms with Gasteiger partial charge in [0.1, 0.15) is 6.61 Å². The van der Waals surface area contributed by atoms with Crippen molar-refractivity contribution in [3.05, 3.63) is 71.3 Å². The summed E-state index contributed by atoms with van der Waals surface area (Å²) in [5, 5.41) is 18.0. The molecule has 140 valence electrons. The Morgan fingerprint density at radius 3 is 2.19 bits per heavy atom. The SMILES string of the molecule is O=C(OCc1ccc(CO)cc1)N(CCCCCO)Cc1ccccc1. The number of hydrogen-bond donors (Lipinski definition) is 2. The first-order valence-electron chi connectivity index (χ1n) is 8.98. The van der Waals surface area contributed by atoms with Crippen LogP contribution in [-0.2, 0) is 24.5 Å². The molecule has 0 unspecified atom stereocenters. The van der Waals surface area contributed by atoms with Crippen LogP contribution in [-0.4, -0.2) is 34.4 Å². The second kappa shape index (κ2) is 11.3. The van der Waals surface area contributed by atoms with Crippen molar-refractivity contribution in [1.29, 1.82) is 0 Å². The highest BCUT2D eigenvalue weighted by atomic mass is 16.6. The van der Waals surface area contributed by atoms with Gasteiger partial charge >= 0.3 is 6.09 Å². The van der Waals surface area contributed by atoms with Gasteiger partial charge in [0.2, 0.25) is 0 Å². The first kappa shape index (κ1) is 19.9. The molecule has 1 amide bonds. The van der Waals surface area contributed by atoms with Crippen LogP contribution in [0.15, 0.2) is 54.6 Å². The van der Waals surface area contributed by atoms with Crippen molar-refractivity contribution in [2.45, 2.75) is 39.0 Å². The predicted octanol–water partition coefficient (Wildman–Crippen LogP) is 3.48. The minimum absolute atomic E-state index is 0.00123. The zero-order valence-electron chi connectivity index (χ0n) is 15.0. The quantitative estimate of drug-likeness (QED) is 0.639. The predicted molar refractivity (Wildman–Crippen MR) is 100 cm³/mol. The van der Waals surface area contributed by atoms with Crippen LogP contribution < -0.4 is 0 Å². The van der Waals surface area contributed by atoms with Crippen molar-refractivity contribution in [2.24, 2.45) is 0 Å². The van der Waals surface area contributed by atoms with Crippen molar-refractivity contribution in [3.8, 4) is 0 Å². The Morgan fingerprint density at radius 1 is 0.846 bits per heavy atom. The summed E-state index contributed by atoms with van der Waals surface area (Å²) < 4.78 is 5.47. The van der Waals surface area contributed by atoms with Crippen molar-refractivity contribution in [2.75, 3.05) is 13.2 Å². The second-order valence-electron chi connectivity index (χ2n) is 6.22. The number of ether oxygens (including phenoxy) is 1. The van der Waals surface area contributed by atoms with Crippen LogP contribution in [0.5, 0.6) is 0 Å². The lowest BCUT2D eigenvalue weighted by Crippen LogP contribution is -2.32. The van der Waals surface area contributed by atoms with Gasteiger partial charge in [0.25, 0.3) is 0 Å². The molecule has 0 saturated heterocycles. The van der Waals surface area contributed by atoms with Crippen LogP contribution in [0, 0.1) is 0 Å². The van der Waals surface area contributed by atoms with Gasteiger partial charge in [-0.15, -0.1) is 0 Å². The van der Waals surface area contributed by atoms with E-state index in [9.17, 15) is 4.79 Å². The molecule has 0 fully saturated rings. The van der Waals surface area contributed by atoms with Gasteiger partial charge in [0.05, 0.1) is 6.61 Å². The second-order valence-corrected chi connectivity index (χ2v) is 6.22. The number of carbonyl (C=O) groups is 1. The molecular weight excluding hydrogens is 330 g/mol. The van der Waals surface area contributed by atoms with Gasteiger partial charge in [0, 0.05) is 19.7 Å². The van der Waals surface area contributed by atoms with Crippen LogP contribution in [0.1, 0.15) is 36.0 Å². The third kappa shape index (κ3) is 6.86. The molecule has 0 saturated carbocycles. The van der Waals surface area contributed by atoms with Crippen LogP contribution in [0.3, 0.4) is 0 Å². The van der Waals surface area contributed by atoms with E-state index in [-0.39, 0.29) is 25.9 Å². The Bertz CT molecular complexity index is 643. The van der Waals surface area contributed by atoms with Crippen LogP contribution in [0.2, 0.25) is 0 Å². The van der Waals surface area contributed by atoms with E-state index >= 15 is 0 Å². The maximum absolute atomic E-state index is 12.5. The summed E-state index contributed by atoms with van der Waals surface area (Å²) in [5.41, 5.74) is 2.77. The van der Waals surface area contributed by atoms with Crippen LogP contribution in [0.4, 0.5) is 4.79 Å². The van der Waals surface area contributed by atoms with Gasteiger partial charge in [-0.05, 0) is 36.0 Å². The molecule has 2 N–H and O–H groups in total. The molecule has 2 aromatic carbocycles. The van der Waals surface area contributed by atoms with E-state index < -0.39 is 0 Å². The maximum atomic E-state index is 12.5. The summed E-state index contributed by atoms with van der Waals surface area (Å²) in [7, 11) is 0. The number of nitrogens with zero attached hydrogens (tertiary/aromatic N) is 1. The van der Waals surface area contributed by atoms with Crippen molar-refractivity contribution < 1.29 is 19.7 Å². The molecule has 5 nitrogen and oxygen atoms in total. The number of hydrogen-bond acceptors (Lipinski definition) is 4. The Labute approximate surface area is 154 Å². The van der Waals surface area contributed by atoms with Gasteiger partial charge in [-0.3, -0.25) is 0 Å². The van der Waals surface area contributed by atoms with E-state index in [0.29, 0.717) is 13.1 Å². The van der Waals surface area contributed by atoms with Gasteiger partial charge in [-0.1, -0.05) is 54.6 Å². The fourth-order valence-electron chi connectivity index (χ4n) is 2.61. The molecule has 2 aromatic rings. The lowest BCUT2D eigenvalue weighted by Gasteiger charge is -2.22. The Morgan fingerprint density at radius 2 is 1.54 bits per heavy atom. The first-order chi connectivity index (χ1) is 12.7. The topological polar surface area (TPSA) is 70.0 Å². The summed E-state index contributed by atoms with van der Waals surface area (Å²) in [6.45, 7) is 1.47. The van der Waals surface area contributed by atoms with E-state index in [1.54, 1.807) is 4.90 Å². The summed E-state index contributed by atoms with van der Waals surface area (Å²) in [6.07, 6.45) is 2.10. The number of amides is 1. The molecule has 26 heavy (non-hydrogen) atoms. The molecule has 0 aromatic heterocycles. The Kier molecular flexibility index (Phi) is 8.66. The van der Waals surface area contributed by atoms with Gasteiger partial charge < -0.3 is 19.8 Å².